The van der Waals surface area contributed by atoms with Crippen molar-refractivity contribution in [2.24, 2.45) is 5.92 Å². The van der Waals surface area contributed by atoms with Gasteiger partial charge in [0.1, 0.15) is 0 Å². The van der Waals surface area contributed by atoms with Gasteiger partial charge < -0.3 is 10.2 Å². The zero-order valence-corrected chi connectivity index (χ0v) is 8.76. The molecular weight excluding hydrogens is 160 g/mol. The van der Waals surface area contributed by atoms with E-state index in [4.69, 9.17) is 0 Å². The molecule has 2 heteroatoms. The largest absolute Gasteiger partial charge is 0.317 e. The molecule has 2 unspecified atom stereocenters. The van der Waals surface area contributed by atoms with Gasteiger partial charge in [-0.15, -0.1) is 0 Å². The van der Waals surface area contributed by atoms with E-state index in [1.165, 1.54) is 51.7 Å². The predicted octanol–water partition coefficient (Wildman–Crippen LogP) is 1.47. The van der Waals surface area contributed by atoms with E-state index in [0.29, 0.717) is 0 Å². The zero-order chi connectivity index (χ0) is 9.10. The number of hydrogen-bond acceptors (Lipinski definition) is 2. The van der Waals surface area contributed by atoms with E-state index in [2.05, 4.69) is 17.3 Å². The van der Waals surface area contributed by atoms with Crippen LogP contribution in [0, 0.1) is 5.92 Å². The Balaban J connectivity index is 1.79. The second kappa shape index (κ2) is 4.43. The molecule has 0 radical (unpaired) electrons. The molecule has 2 fully saturated rings. The Morgan fingerprint density at radius 2 is 1.92 bits per heavy atom. The van der Waals surface area contributed by atoms with Gasteiger partial charge in [0.25, 0.3) is 0 Å². The molecule has 1 heterocycles. The predicted molar refractivity (Wildman–Crippen MR) is 55.9 cm³/mol. The number of rotatable bonds is 3. The summed E-state index contributed by atoms with van der Waals surface area (Å²) in [5, 5.41) is 3.48. The van der Waals surface area contributed by atoms with Gasteiger partial charge >= 0.3 is 0 Å². The number of nitrogens with zero attached hydrogens (tertiary/aromatic N) is 1. The van der Waals surface area contributed by atoms with Gasteiger partial charge in [-0.2, -0.15) is 0 Å². The highest BCUT2D eigenvalue weighted by Gasteiger charge is 2.27. The lowest BCUT2D eigenvalue weighted by Gasteiger charge is -2.39. The SMILES string of the molecule is CNC1CCCCC1CN1CCC1. The molecule has 1 saturated carbocycles. The molecule has 1 aliphatic heterocycles. The fourth-order valence-corrected chi connectivity index (χ4v) is 2.70. The summed E-state index contributed by atoms with van der Waals surface area (Å²) in [4.78, 5) is 2.61. The lowest BCUT2D eigenvalue weighted by molar-refractivity contribution is 0.119. The summed E-state index contributed by atoms with van der Waals surface area (Å²) >= 11 is 0. The first kappa shape index (κ1) is 9.47. The average molecular weight is 182 g/mol. The summed E-state index contributed by atoms with van der Waals surface area (Å²) in [6.07, 6.45) is 7.16. The Morgan fingerprint density at radius 3 is 2.54 bits per heavy atom. The summed E-state index contributed by atoms with van der Waals surface area (Å²) in [7, 11) is 2.12. The van der Waals surface area contributed by atoms with E-state index in [9.17, 15) is 0 Å². The first-order valence-corrected chi connectivity index (χ1v) is 5.80. The quantitative estimate of drug-likeness (QED) is 0.711. The van der Waals surface area contributed by atoms with Gasteiger partial charge in [-0.3, -0.25) is 0 Å². The molecule has 76 valence electrons. The van der Waals surface area contributed by atoms with Crippen molar-refractivity contribution in [2.45, 2.75) is 38.1 Å². The van der Waals surface area contributed by atoms with Crippen LogP contribution in [-0.2, 0) is 0 Å². The minimum atomic E-state index is 0.800. The van der Waals surface area contributed by atoms with Crippen molar-refractivity contribution in [3.8, 4) is 0 Å². The molecular formula is C11H22N2. The molecule has 1 N–H and O–H groups in total. The van der Waals surface area contributed by atoms with Crippen LogP contribution in [0.15, 0.2) is 0 Å². The summed E-state index contributed by atoms with van der Waals surface area (Å²) in [6.45, 7) is 4.06. The molecule has 2 aliphatic rings. The maximum absolute atomic E-state index is 3.48. The smallest absolute Gasteiger partial charge is 0.0104 e. The summed E-state index contributed by atoms with van der Waals surface area (Å²) in [5.41, 5.74) is 0. The number of nitrogens with one attached hydrogen (secondary N) is 1. The van der Waals surface area contributed by atoms with E-state index >= 15 is 0 Å². The molecule has 0 aromatic carbocycles. The van der Waals surface area contributed by atoms with Crippen molar-refractivity contribution < 1.29 is 0 Å². The van der Waals surface area contributed by atoms with Crippen molar-refractivity contribution in [1.82, 2.24) is 10.2 Å². The van der Waals surface area contributed by atoms with Crippen LogP contribution >= 0.6 is 0 Å². The maximum atomic E-state index is 3.48. The summed E-state index contributed by atoms with van der Waals surface area (Å²) < 4.78 is 0. The van der Waals surface area contributed by atoms with Crippen molar-refractivity contribution in [3.63, 3.8) is 0 Å². The van der Waals surface area contributed by atoms with Gasteiger partial charge in [0.05, 0.1) is 0 Å². The van der Waals surface area contributed by atoms with E-state index in [-0.39, 0.29) is 0 Å². The highest BCUT2D eigenvalue weighted by atomic mass is 15.2. The van der Waals surface area contributed by atoms with Crippen LogP contribution in [0.25, 0.3) is 0 Å². The molecule has 0 aromatic heterocycles. The zero-order valence-electron chi connectivity index (χ0n) is 8.76. The molecule has 2 nitrogen and oxygen atoms in total. The van der Waals surface area contributed by atoms with Crippen LogP contribution < -0.4 is 5.32 Å². The molecule has 0 bridgehead atoms. The van der Waals surface area contributed by atoms with Crippen molar-refractivity contribution >= 4 is 0 Å². The fourth-order valence-electron chi connectivity index (χ4n) is 2.70. The Hall–Kier alpha value is -0.0800. The molecule has 2 rings (SSSR count). The lowest BCUT2D eigenvalue weighted by atomic mass is 9.84. The third kappa shape index (κ3) is 2.23. The standard InChI is InChI=1S/C11H22N2/c1-12-11-6-3-2-5-10(11)9-13-7-4-8-13/h10-12H,2-9H2,1H3. The first-order chi connectivity index (χ1) is 6.40. The van der Waals surface area contributed by atoms with E-state index in [1.54, 1.807) is 0 Å². The van der Waals surface area contributed by atoms with E-state index < -0.39 is 0 Å². The fraction of sp³-hybridized carbons (Fsp3) is 1.00. The van der Waals surface area contributed by atoms with Crippen molar-refractivity contribution in [1.29, 1.82) is 0 Å². The van der Waals surface area contributed by atoms with Gasteiger partial charge in [0.2, 0.25) is 0 Å². The van der Waals surface area contributed by atoms with E-state index in [0.717, 1.165) is 12.0 Å². The minimum absolute atomic E-state index is 0.800. The van der Waals surface area contributed by atoms with Crippen LogP contribution in [0.4, 0.5) is 0 Å². The normalized spacial score (nSPS) is 35.8. The number of likely N-dealkylation sites (tertiary alicyclic amines) is 1. The Labute approximate surface area is 81.7 Å². The topological polar surface area (TPSA) is 15.3 Å². The van der Waals surface area contributed by atoms with Crippen LogP contribution in [0.1, 0.15) is 32.1 Å². The minimum Gasteiger partial charge on any atom is -0.317 e. The molecule has 0 amide bonds. The Bertz CT molecular complexity index is 154. The molecule has 1 aliphatic carbocycles. The van der Waals surface area contributed by atoms with Crippen LogP contribution in [0.5, 0.6) is 0 Å². The van der Waals surface area contributed by atoms with Crippen molar-refractivity contribution in [3.05, 3.63) is 0 Å². The third-order valence-electron chi connectivity index (χ3n) is 3.72. The summed E-state index contributed by atoms with van der Waals surface area (Å²) in [6, 6.07) is 0.800. The van der Waals surface area contributed by atoms with Crippen LogP contribution in [-0.4, -0.2) is 37.6 Å². The van der Waals surface area contributed by atoms with Gasteiger partial charge in [-0.1, -0.05) is 12.8 Å². The maximum Gasteiger partial charge on any atom is 0.0104 e. The summed E-state index contributed by atoms with van der Waals surface area (Å²) in [5.74, 6) is 0.930. The van der Waals surface area contributed by atoms with E-state index in [1.807, 2.05) is 0 Å². The van der Waals surface area contributed by atoms with Crippen LogP contribution in [0.3, 0.4) is 0 Å². The Morgan fingerprint density at radius 1 is 1.15 bits per heavy atom. The highest BCUT2D eigenvalue weighted by molar-refractivity contribution is 4.83. The highest BCUT2D eigenvalue weighted by Crippen LogP contribution is 2.26. The van der Waals surface area contributed by atoms with Gasteiger partial charge in [0.15, 0.2) is 0 Å². The molecule has 2 atom stereocenters. The van der Waals surface area contributed by atoms with Crippen LogP contribution in [0.2, 0.25) is 0 Å². The van der Waals surface area contributed by atoms with Gasteiger partial charge in [0, 0.05) is 12.6 Å². The third-order valence-corrected chi connectivity index (χ3v) is 3.72. The molecule has 0 aromatic rings. The average Bonchev–Trinajstić information content (AvgIpc) is 2.12. The molecule has 1 saturated heterocycles. The van der Waals surface area contributed by atoms with Gasteiger partial charge in [-0.05, 0) is 45.3 Å². The second-order valence-electron chi connectivity index (χ2n) is 4.59. The monoisotopic (exact) mass is 182 g/mol. The number of hydrogen-bond donors (Lipinski definition) is 1. The first-order valence-electron chi connectivity index (χ1n) is 5.80. The second-order valence-corrected chi connectivity index (χ2v) is 4.59. The Kier molecular flexibility index (Phi) is 3.23. The van der Waals surface area contributed by atoms with Crippen molar-refractivity contribution in [2.75, 3.05) is 26.7 Å². The molecule has 0 spiro atoms. The molecule has 13 heavy (non-hydrogen) atoms. The lowest BCUT2D eigenvalue weighted by Crippen LogP contribution is -2.47. The van der Waals surface area contributed by atoms with Gasteiger partial charge in [-0.25, -0.2) is 0 Å².